The van der Waals surface area contributed by atoms with E-state index in [9.17, 15) is 18.0 Å². The smallest absolute Gasteiger partial charge is 0.262 e. The van der Waals surface area contributed by atoms with E-state index in [0.29, 0.717) is 17.9 Å². The first-order valence-corrected chi connectivity index (χ1v) is 10.6. The zero-order valence-electron chi connectivity index (χ0n) is 14.5. The van der Waals surface area contributed by atoms with Crippen molar-refractivity contribution in [2.24, 2.45) is 11.7 Å². The van der Waals surface area contributed by atoms with Crippen molar-refractivity contribution in [1.82, 2.24) is 0 Å². The number of nitrogens with two attached hydrogens (primary N) is 1. The molecule has 3 N–H and O–H groups in total. The normalized spacial score (nSPS) is 16.8. The molecule has 3 rings (SSSR count). The van der Waals surface area contributed by atoms with Crippen molar-refractivity contribution in [3.8, 4) is 0 Å². The summed E-state index contributed by atoms with van der Waals surface area (Å²) in [7, 11) is -3.94. The largest absolute Gasteiger partial charge is 0.365 e. The first kappa shape index (κ1) is 18.6. The SMILES string of the molecule is CC(=O)c1cccc(S(=O)(=O)Nc2sc3c(c2C(N)=O)CC[C@@H](C)C3)c1. The number of thiophene rings is 1. The van der Waals surface area contributed by atoms with E-state index in [2.05, 4.69) is 11.6 Å². The Morgan fingerprint density at radius 3 is 2.69 bits per heavy atom. The number of carbonyl (C=O) groups is 2. The predicted molar refractivity (Wildman–Crippen MR) is 101 cm³/mol. The molecule has 0 saturated heterocycles. The lowest BCUT2D eigenvalue weighted by Gasteiger charge is -2.18. The molecule has 1 aromatic carbocycles. The standard InChI is InChI=1S/C18H20N2O4S2/c1-10-6-7-14-15(8-10)25-18(16(14)17(19)22)20-26(23,24)13-5-3-4-12(9-13)11(2)21/h3-5,9-10,20H,6-8H2,1-2H3,(H2,19,22)/t10-/m1/s1. The van der Waals surface area contributed by atoms with Crippen LogP contribution in [0.3, 0.4) is 0 Å². The van der Waals surface area contributed by atoms with Gasteiger partial charge in [0.15, 0.2) is 5.78 Å². The van der Waals surface area contributed by atoms with Gasteiger partial charge in [-0.2, -0.15) is 0 Å². The van der Waals surface area contributed by atoms with Gasteiger partial charge in [-0.3, -0.25) is 14.3 Å². The molecule has 0 unspecified atom stereocenters. The molecule has 0 spiro atoms. The van der Waals surface area contributed by atoms with Crippen LogP contribution in [-0.4, -0.2) is 20.1 Å². The Labute approximate surface area is 156 Å². The third-order valence-electron chi connectivity index (χ3n) is 4.54. The molecule has 0 aliphatic heterocycles. The van der Waals surface area contributed by atoms with Crippen LogP contribution in [0.25, 0.3) is 0 Å². The summed E-state index contributed by atoms with van der Waals surface area (Å²) in [6.45, 7) is 3.50. The number of carbonyl (C=O) groups excluding carboxylic acids is 2. The van der Waals surface area contributed by atoms with Crippen molar-refractivity contribution in [2.75, 3.05) is 4.72 Å². The van der Waals surface area contributed by atoms with Crippen LogP contribution in [0.15, 0.2) is 29.2 Å². The number of anilines is 1. The number of rotatable bonds is 5. The van der Waals surface area contributed by atoms with Gasteiger partial charge in [0, 0.05) is 10.4 Å². The van der Waals surface area contributed by atoms with Gasteiger partial charge in [0.1, 0.15) is 5.00 Å². The van der Waals surface area contributed by atoms with E-state index in [1.54, 1.807) is 6.07 Å². The maximum atomic E-state index is 12.8. The summed E-state index contributed by atoms with van der Waals surface area (Å²) < 4.78 is 28.0. The second-order valence-electron chi connectivity index (χ2n) is 6.61. The molecule has 2 aromatic rings. The summed E-state index contributed by atoms with van der Waals surface area (Å²) in [6.07, 6.45) is 2.46. The van der Waals surface area contributed by atoms with E-state index in [-0.39, 0.29) is 21.2 Å². The number of sulfonamides is 1. The number of amides is 1. The van der Waals surface area contributed by atoms with E-state index in [1.165, 1.54) is 36.5 Å². The van der Waals surface area contributed by atoms with Crippen molar-refractivity contribution in [2.45, 2.75) is 38.0 Å². The minimum atomic E-state index is -3.94. The van der Waals surface area contributed by atoms with Gasteiger partial charge in [0.25, 0.3) is 15.9 Å². The summed E-state index contributed by atoms with van der Waals surface area (Å²) in [6, 6.07) is 5.81. The van der Waals surface area contributed by atoms with E-state index in [0.717, 1.165) is 23.3 Å². The van der Waals surface area contributed by atoms with Crippen LogP contribution in [0.5, 0.6) is 0 Å². The van der Waals surface area contributed by atoms with E-state index >= 15 is 0 Å². The number of fused-ring (bicyclic) bond motifs is 1. The lowest BCUT2D eigenvalue weighted by molar-refractivity contribution is 0.0996. The summed E-state index contributed by atoms with van der Waals surface area (Å²) in [5, 5.41) is 0.254. The van der Waals surface area contributed by atoms with E-state index in [1.807, 2.05) is 0 Å². The molecule has 0 saturated carbocycles. The highest BCUT2D eigenvalue weighted by Crippen LogP contribution is 2.40. The first-order valence-electron chi connectivity index (χ1n) is 8.27. The van der Waals surface area contributed by atoms with Gasteiger partial charge in [-0.25, -0.2) is 8.42 Å². The van der Waals surface area contributed by atoms with Crippen LogP contribution in [0, 0.1) is 5.92 Å². The van der Waals surface area contributed by atoms with Crippen LogP contribution < -0.4 is 10.5 Å². The Bertz CT molecular complexity index is 993. The molecule has 6 nitrogen and oxygen atoms in total. The third kappa shape index (κ3) is 3.52. The van der Waals surface area contributed by atoms with Crippen molar-refractivity contribution < 1.29 is 18.0 Å². The zero-order chi connectivity index (χ0) is 19.1. The Balaban J connectivity index is 2.01. The molecule has 1 aliphatic rings. The lowest BCUT2D eigenvalue weighted by Crippen LogP contribution is -2.19. The van der Waals surface area contributed by atoms with Crippen LogP contribution >= 0.6 is 11.3 Å². The van der Waals surface area contributed by atoms with Gasteiger partial charge >= 0.3 is 0 Å². The fourth-order valence-corrected chi connectivity index (χ4v) is 5.91. The second-order valence-corrected chi connectivity index (χ2v) is 9.40. The van der Waals surface area contributed by atoms with Crippen LogP contribution in [-0.2, 0) is 22.9 Å². The first-order chi connectivity index (χ1) is 12.2. The molecule has 1 heterocycles. The van der Waals surface area contributed by atoms with Crippen LogP contribution in [0.1, 0.15) is 51.4 Å². The van der Waals surface area contributed by atoms with Crippen LogP contribution in [0.2, 0.25) is 0 Å². The lowest BCUT2D eigenvalue weighted by atomic mass is 9.88. The maximum Gasteiger partial charge on any atom is 0.262 e. The number of ketones is 1. The van der Waals surface area contributed by atoms with Gasteiger partial charge in [-0.05, 0) is 49.8 Å². The minimum absolute atomic E-state index is 0.0274. The molecule has 0 bridgehead atoms. The highest BCUT2D eigenvalue weighted by Gasteiger charge is 2.28. The molecule has 0 radical (unpaired) electrons. The number of hydrogen-bond donors (Lipinski definition) is 2. The zero-order valence-corrected chi connectivity index (χ0v) is 16.2. The molecule has 8 heteroatoms. The number of benzene rings is 1. The van der Waals surface area contributed by atoms with Crippen molar-refractivity contribution in [1.29, 1.82) is 0 Å². The molecule has 1 amide bonds. The van der Waals surface area contributed by atoms with Gasteiger partial charge in [-0.1, -0.05) is 19.1 Å². The van der Waals surface area contributed by atoms with Crippen molar-refractivity contribution in [3.63, 3.8) is 0 Å². The summed E-state index contributed by atoms with van der Waals surface area (Å²) in [5.41, 5.74) is 6.96. The molecular weight excluding hydrogens is 372 g/mol. The molecule has 1 aromatic heterocycles. The summed E-state index contributed by atoms with van der Waals surface area (Å²) in [4.78, 5) is 24.4. The Morgan fingerprint density at radius 2 is 2.04 bits per heavy atom. The number of primary amides is 1. The van der Waals surface area contributed by atoms with E-state index < -0.39 is 15.9 Å². The third-order valence-corrected chi connectivity index (χ3v) is 7.18. The van der Waals surface area contributed by atoms with Gasteiger partial charge in [0.05, 0.1) is 10.5 Å². The minimum Gasteiger partial charge on any atom is -0.365 e. The highest BCUT2D eigenvalue weighted by molar-refractivity contribution is 7.93. The molecular formula is C18H20N2O4S2. The monoisotopic (exact) mass is 392 g/mol. The topological polar surface area (TPSA) is 106 Å². The fourth-order valence-electron chi connectivity index (χ4n) is 3.15. The Morgan fingerprint density at radius 1 is 1.31 bits per heavy atom. The van der Waals surface area contributed by atoms with Crippen molar-refractivity contribution >= 4 is 38.1 Å². The Kier molecular flexibility index (Phi) is 4.90. The average molecular weight is 393 g/mol. The molecule has 138 valence electrons. The number of hydrogen-bond acceptors (Lipinski definition) is 5. The van der Waals surface area contributed by atoms with Gasteiger partial charge < -0.3 is 5.73 Å². The average Bonchev–Trinajstić information content (AvgIpc) is 2.91. The summed E-state index contributed by atoms with van der Waals surface area (Å²) >= 11 is 1.27. The Hall–Kier alpha value is -2.19. The molecule has 26 heavy (non-hydrogen) atoms. The van der Waals surface area contributed by atoms with E-state index in [4.69, 9.17) is 5.73 Å². The second kappa shape index (κ2) is 6.85. The fraction of sp³-hybridized carbons (Fsp3) is 0.333. The molecule has 1 atom stereocenters. The van der Waals surface area contributed by atoms with Crippen molar-refractivity contribution in [3.05, 3.63) is 45.8 Å². The highest BCUT2D eigenvalue weighted by atomic mass is 32.2. The van der Waals surface area contributed by atoms with Gasteiger partial charge in [-0.15, -0.1) is 11.3 Å². The van der Waals surface area contributed by atoms with Gasteiger partial charge in [0.2, 0.25) is 0 Å². The molecule has 0 fully saturated rings. The number of nitrogens with one attached hydrogen (secondary N) is 1. The number of Topliss-reactive ketones (excluding diaryl/α,β-unsaturated/α-hetero) is 1. The predicted octanol–water partition coefficient (Wildman–Crippen LogP) is 2.98. The van der Waals surface area contributed by atoms with Crippen LogP contribution in [0.4, 0.5) is 5.00 Å². The molecule has 1 aliphatic carbocycles. The maximum absolute atomic E-state index is 12.8. The quantitative estimate of drug-likeness (QED) is 0.763. The summed E-state index contributed by atoms with van der Waals surface area (Å²) in [5.74, 6) is -0.369.